The van der Waals surface area contributed by atoms with E-state index in [2.05, 4.69) is 0 Å². The average molecular weight is 182 g/mol. The van der Waals surface area contributed by atoms with Crippen LogP contribution in [0.1, 0.15) is 25.7 Å². The van der Waals surface area contributed by atoms with E-state index in [1.54, 1.807) is 0 Å². The number of rotatable bonds is 4. The summed E-state index contributed by atoms with van der Waals surface area (Å²) in [5, 5.41) is 3.89. The van der Waals surface area contributed by atoms with Crippen molar-refractivity contribution in [3.8, 4) is 0 Å². The Morgan fingerprint density at radius 2 is 2.23 bits per heavy atom. The van der Waals surface area contributed by atoms with E-state index in [4.69, 9.17) is 0 Å². The van der Waals surface area contributed by atoms with Gasteiger partial charge in [0.05, 0.1) is 0 Å². The maximum absolute atomic E-state index is 11.4. The molecular formula is C9H14N2O2. The highest BCUT2D eigenvalue weighted by molar-refractivity contribution is 5.78. The fraction of sp³-hybridized carbons (Fsp3) is 0.778. The van der Waals surface area contributed by atoms with Crippen LogP contribution in [0.3, 0.4) is 0 Å². The molecule has 13 heavy (non-hydrogen) atoms. The van der Waals surface area contributed by atoms with E-state index in [1.807, 2.05) is 10.0 Å². The van der Waals surface area contributed by atoms with Crippen LogP contribution in [0, 0.1) is 0 Å². The van der Waals surface area contributed by atoms with Gasteiger partial charge in [0.15, 0.2) is 0 Å². The van der Waals surface area contributed by atoms with Crippen LogP contribution in [0.4, 0.5) is 0 Å². The Kier molecular flexibility index (Phi) is 2.31. The minimum atomic E-state index is 0.230. The molecule has 4 nitrogen and oxygen atoms in total. The topological polar surface area (TPSA) is 40.6 Å². The van der Waals surface area contributed by atoms with Crippen LogP contribution >= 0.6 is 0 Å². The first-order valence-corrected chi connectivity index (χ1v) is 4.83. The van der Waals surface area contributed by atoms with Crippen LogP contribution < -0.4 is 0 Å². The summed E-state index contributed by atoms with van der Waals surface area (Å²) in [5.41, 5.74) is 0. The Hall–Kier alpha value is -0.900. The molecule has 1 aliphatic carbocycles. The van der Waals surface area contributed by atoms with Crippen molar-refractivity contribution in [1.29, 1.82) is 0 Å². The highest BCUT2D eigenvalue weighted by Crippen LogP contribution is 2.31. The molecule has 2 fully saturated rings. The Balaban J connectivity index is 1.93. The fourth-order valence-electron chi connectivity index (χ4n) is 1.78. The van der Waals surface area contributed by atoms with Gasteiger partial charge in [0.2, 0.25) is 5.91 Å². The molecule has 2 rings (SSSR count). The lowest BCUT2D eigenvalue weighted by atomic mass is 10.4. The van der Waals surface area contributed by atoms with Crippen LogP contribution in [-0.4, -0.2) is 41.3 Å². The quantitative estimate of drug-likeness (QED) is 0.583. The van der Waals surface area contributed by atoms with Crippen molar-refractivity contribution in [3.63, 3.8) is 0 Å². The molecule has 0 spiro atoms. The molecule has 4 heteroatoms. The van der Waals surface area contributed by atoms with Crippen LogP contribution in [0.5, 0.6) is 0 Å². The van der Waals surface area contributed by atoms with E-state index in [9.17, 15) is 9.59 Å². The summed E-state index contributed by atoms with van der Waals surface area (Å²) >= 11 is 0. The predicted octanol–water partition coefficient (Wildman–Crippen LogP) is 0.187. The molecule has 1 saturated heterocycles. The molecule has 0 aromatic carbocycles. The van der Waals surface area contributed by atoms with Crippen LogP contribution in [0.15, 0.2) is 0 Å². The van der Waals surface area contributed by atoms with Crippen molar-refractivity contribution < 1.29 is 9.59 Å². The van der Waals surface area contributed by atoms with Gasteiger partial charge in [-0.15, -0.1) is 0 Å². The van der Waals surface area contributed by atoms with Crippen LogP contribution in [0.25, 0.3) is 0 Å². The minimum Gasteiger partial charge on any atom is -0.303 e. The van der Waals surface area contributed by atoms with Crippen molar-refractivity contribution in [3.05, 3.63) is 0 Å². The Labute approximate surface area is 77.5 Å². The lowest BCUT2D eigenvalue weighted by molar-refractivity contribution is -0.139. The van der Waals surface area contributed by atoms with Crippen molar-refractivity contribution >= 4 is 12.2 Å². The molecular weight excluding hydrogens is 168 g/mol. The summed E-state index contributed by atoms with van der Waals surface area (Å²) in [4.78, 5) is 21.6. The standard InChI is InChI=1S/C9H14N2O2/c12-7-1-5-10-6-4-9(13)11(10)8-2-3-8/h7-8H,1-6H2. The van der Waals surface area contributed by atoms with E-state index < -0.39 is 0 Å². The van der Waals surface area contributed by atoms with Gasteiger partial charge in [-0.25, -0.2) is 5.01 Å². The summed E-state index contributed by atoms with van der Waals surface area (Å²) in [7, 11) is 0. The van der Waals surface area contributed by atoms with Gasteiger partial charge in [-0.3, -0.25) is 9.80 Å². The summed E-state index contributed by atoms with van der Waals surface area (Å²) < 4.78 is 0. The second-order valence-corrected chi connectivity index (χ2v) is 3.63. The summed E-state index contributed by atoms with van der Waals surface area (Å²) in [5.74, 6) is 0.230. The largest absolute Gasteiger partial charge is 0.303 e. The van der Waals surface area contributed by atoms with Gasteiger partial charge in [-0.05, 0) is 12.8 Å². The number of aldehydes is 1. The molecule has 1 amide bonds. The summed E-state index contributed by atoms with van der Waals surface area (Å²) in [6.07, 6.45) is 4.31. The highest BCUT2D eigenvalue weighted by Gasteiger charge is 2.39. The molecule has 0 atom stereocenters. The Morgan fingerprint density at radius 1 is 1.46 bits per heavy atom. The highest BCUT2D eigenvalue weighted by atomic mass is 16.2. The maximum Gasteiger partial charge on any atom is 0.238 e. The maximum atomic E-state index is 11.4. The molecule has 0 aromatic rings. The lowest BCUT2D eigenvalue weighted by Crippen LogP contribution is -2.41. The molecule has 0 N–H and O–H groups in total. The third-order valence-corrected chi connectivity index (χ3v) is 2.54. The molecule has 0 aromatic heterocycles. The zero-order valence-electron chi connectivity index (χ0n) is 7.61. The molecule has 1 saturated carbocycles. The lowest BCUT2D eigenvalue weighted by Gasteiger charge is -2.27. The molecule has 1 heterocycles. The number of carbonyl (C=O) groups is 2. The number of hydrogen-bond acceptors (Lipinski definition) is 3. The number of carbonyl (C=O) groups excluding carboxylic acids is 2. The molecule has 1 aliphatic heterocycles. The predicted molar refractivity (Wildman–Crippen MR) is 46.7 cm³/mol. The summed E-state index contributed by atoms with van der Waals surface area (Å²) in [6.45, 7) is 1.49. The van der Waals surface area contributed by atoms with Gasteiger partial charge in [0.1, 0.15) is 6.29 Å². The third kappa shape index (κ3) is 1.72. The molecule has 72 valence electrons. The smallest absolute Gasteiger partial charge is 0.238 e. The number of amides is 1. The van der Waals surface area contributed by atoms with Crippen LogP contribution in [-0.2, 0) is 9.59 Å². The van der Waals surface area contributed by atoms with Gasteiger partial charge >= 0.3 is 0 Å². The third-order valence-electron chi connectivity index (χ3n) is 2.54. The molecule has 0 radical (unpaired) electrons. The molecule has 0 bridgehead atoms. The van der Waals surface area contributed by atoms with Crippen molar-refractivity contribution in [2.45, 2.75) is 31.7 Å². The second-order valence-electron chi connectivity index (χ2n) is 3.63. The van der Waals surface area contributed by atoms with E-state index in [1.165, 1.54) is 0 Å². The van der Waals surface area contributed by atoms with E-state index in [0.29, 0.717) is 25.4 Å². The van der Waals surface area contributed by atoms with Crippen LogP contribution in [0.2, 0.25) is 0 Å². The van der Waals surface area contributed by atoms with Crippen molar-refractivity contribution in [2.24, 2.45) is 0 Å². The molecule has 2 aliphatic rings. The second kappa shape index (κ2) is 3.46. The number of hydrazine groups is 1. The van der Waals surface area contributed by atoms with Gasteiger partial charge in [0.25, 0.3) is 0 Å². The fourth-order valence-corrected chi connectivity index (χ4v) is 1.78. The van der Waals surface area contributed by atoms with Gasteiger partial charge < -0.3 is 4.79 Å². The minimum absolute atomic E-state index is 0.230. The molecule has 0 unspecified atom stereocenters. The van der Waals surface area contributed by atoms with E-state index in [-0.39, 0.29) is 5.91 Å². The first kappa shape index (κ1) is 8.69. The zero-order chi connectivity index (χ0) is 9.26. The summed E-state index contributed by atoms with van der Waals surface area (Å²) in [6, 6.07) is 0.446. The monoisotopic (exact) mass is 182 g/mol. The van der Waals surface area contributed by atoms with Gasteiger partial charge in [-0.2, -0.15) is 0 Å². The SMILES string of the molecule is O=CCCN1CCC(=O)N1C1CC1. The van der Waals surface area contributed by atoms with E-state index in [0.717, 1.165) is 25.7 Å². The van der Waals surface area contributed by atoms with Gasteiger partial charge in [-0.1, -0.05) is 0 Å². The van der Waals surface area contributed by atoms with Crippen molar-refractivity contribution in [2.75, 3.05) is 13.1 Å². The average Bonchev–Trinajstić information content (AvgIpc) is 2.88. The Bertz CT molecular complexity index is 226. The normalized spacial score (nSPS) is 24.0. The number of nitrogens with zero attached hydrogens (tertiary/aromatic N) is 2. The van der Waals surface area contributed by atoms with Crippen molar-refractivity contribution in [1.82, 2.24) is 10.0 Å². The first-order chi connectivity index (χ1) is 6.33. The zero-order valence-corrected chi connectivity index (χ0v) is 7.61. The first-order valence-electron chi connectivity index (χ1n) is 4.83. The Morgan fingerprint density at radius 3 is 2.85 bits per heavy atom. The van der Waals surface area contributed by atoms with Gasteiger partial charge in [0, 0.05) is 32.0 Å². The number of hydrogen-bond donors (Lipinski definition) is 0. The van der Waals surface area contributed by atoms with E-state index >= 15 is 0 Å².